The molecule has 3 aliphatic heterocycles. The summed E-state index contributed by atoms with van der Waals surface area (Å²) in [6.45, 7) is 16.0. The van der Waals surface area contributed by atoms with E-state index < -0.39 is 35.0 Å². The summed E-state index contributed by atoms with van der Waals surface area (Å²) in [6, 6.07) is 6.94. The van der Waals surface area contributed by atoms with Gasteiger partial charge in [-0.3, -0.25) is 14.4 Å². The Hall–Kier alpha value is -3.17. The van der Waals surface area contributed by atoms with Crippen molar-refractivity contribution in [3.05, 3.63) is 49.6 Å². The summed E-state index contributed by atoms with van der Waals surface area (Å²) in [7, 11) is 0. The standard InChI is InChI=1S/C32H45N3O6/c1-6-19-34(24-15-13-23(14-16-24)33(9-4)10-5)29(38)27-32-18-17-31(8-3,41-32)26(30(39)40-22-7-2)25(32)28(37)35(27)20-11-12-21-36/h6-7,13-16,25-27,36H,1-2,8-12,17-22H2,3-5H3/t25-,26-,27?,31+,32?/m0/s1. The number of hydrogen-bond acceptors (Lipinski definition) is 7. The molecule has 3 fully saturated rings. The number of unbranched alkanes of at least 4 members (excludes halogenated alkanes) is 1. The van der Waals surface area contributed by atoms with Crippen LogP contribution in [0.3, 0.4) is 0 Å². The van der Waals surface area contributed by atoms with Crippen LogP contribution in [-0.4, -0.2) is 84.4 Å². The van der Waals surface area contributed by atoms with Crippen molar-refractivity contribution in [3.63, 3.8) is 0 Å². The number of carbonyl (C=O) groups excluding carboxylic acids is 3. The zero-order valence-corrected chi connectivity index (χ0v) is 24.7. The summed E-state index contributed by atoms with van der Waals surface area (Å²) in [6.07, 6.45) is 5.79. The molecule has 1 aromatic carbocycles. The van der Waals surface area contributed by atoms with Crippen molar-refractivity contribution < 1.29 is 29.0 Å². The van der Waals surface area contributed by atoms with E-state index in [0.717, 1.165) is 18.8 Å². The van der Waals surface area contributed by atoms with Crippen LogP contribution >= 0.6 is 0 Å². The van der Waals surface area contributed by atoms with Gasteiger partial charge in [0.05, 0.1) is 11.5 Å². The second-order valence-corrected chi connectivity index (χ2v) is 11.1. The van der Waals surface area contributed by atoms with Gasteiger partial charge in [0.25, 0.3) is 5.91 Å². The third-order valence-electron chi connectivity index (χ3n) is 9.19. The van der Waals surface area contributed by atoms with Gasteiger partial charge in [-0.2, -0.15) is 0 Å². The Labute approximate surface area is 243 Å². The van der Waals surface area contributed by atoms with Crippen LogP contribution in [0.5, 0.6) is 0 Å². The lowest BCUT2D eigenvalue weighted by Crippen LogP contribution is -2.56. The lowest BCUT2D eigenvalue weighted by Gasteiger charge is -2.37. The number of nitrogens with zero attached hydrogens (tertiary/aromatic N) is 3. The van der Waals surface area contributed by atoms with Crippen molar-refractivity contribution in [2.24, 2.45) is 11.8 Å². The first kappa shape index (κ1) is 30.8. The number of esters is 1. The zero-order valence-electron chi connectivity index (χ0n) is 24.7. The monoisotopic (exact) mass is 567 g/mol. The molecular formula is C32H45N3O6. The molecule has 2 amide bonds. The predicted molar refractivity (Wildman–Crippen MR) is 159 cm³/mol. The van der Waals surface area contributed by atoms with Gasteiger partial charge < -0.3 is 29.3 Å². The summed E-state index contributed by atoms with van der Waals surface area (Å²) < 4.78 is 12.3. The Morgan fingerprint density at radius 2 is 1.78 bits per heavy atom. The third kappa shape index (κ3) is 5.18. The van der Waals surface area contributed by atoms with Gasteiger partial charge in [-0.05, 0) is 70.2 Å². The molecule has 1 spiro atoms. The smallest absolute Gasteiger partial charge is 0.313 e. The molecule has 5 atom stereocenters. The molecule has 1 N–H and O–H groups in total. The van der Waals surface area contributed by atoms with Crippen LogP contribution in [0.4, 0.5) is 11.4 Å². The third-order valence-corrected chi connectivity index (χ3v) is 9.19. The Kier molecular flexibility index (Phi) is 9.59. The number of hydrogen-bond donors (Lipinski definition) is 1. The quantitative estimate of drug-likeness (QED) is 0.196. The summed E-state index contributed by atoms with van der Waals surface area (Å²) in [4.78, 5) is 47.7. The van der Waals surface area contributed by atoms with Crippen LogP contribution in [0.2, 0.25) is 0 Å². The SMILES string of the molecule is C=CCOC(=O)[C@@H]1[C@H]2C(=O)N(CCCCO)C(C(=O)N(CC=C)c3ccc(N(CC)CC)cc3)C23CC[C@@]1(CC)O3. The highest BCUT2D eigenvalue weighted by Crippen LogP contribution is 2.64. The first-order valence-corrected chi connectivity index (χ1v) is 14.9. The molecule has 3 saturated heterocycles. The van der Waals surface area contributed by atoms with Gasteiger partial charge in [0.2, 0.25) is 5.91 Å². The lowest BCUT2D eigenvalue weighted by atomic mass is 9.65. The second kappa shape index (κ2) is 12.8. The molecule has 41 heavy (non-hydrogen) atoms. The van der Waals surface area contributed by atoms with Gasteiger partial charge in [0, 0.05) is 44.2 Å². The molecule has 2 unspecified atom stereocenters. The molecule has 0 aliphatic carbocycles. The van der Waals surface area contributed by atoms with Crippen LogP contribution in [0, 0.1) is 11.8 Å². The van der Waals surface area contributed by atoms with E-state index in [9.17, 15) is 19.5 Å². The topological polar surface area (TPSA) is 99.6 Å². The maximum atomic E-state index is 14.6. The fraction of sp³-hybridized carbons (Fsp3) is 0.594. The van der Waals surface area contributed by atoms with Gasteiger partial charge in [-0.25, -0.2) is 0 Å². The molecule has 0 aromatic heterocycles. The summed E-state index contributed by atoms with van der Waals surface area (Å²) >= 11 is 0. The number of fused-ring (bicyclic) bond motifs is 1. The maximum Gasteiger partial charge on any atom is 0.313 e. The molecule has 224 valence electrons. The van der Waals surface area contributed by atoms with Crippen molar-refractivity contribution in [2.75, 3.05) is 49.2 Å². The number of anilines is 2. The van der Waals surface area contributed by atoms with Crippen LogP contribution in [0.15, 0.2) is 49.6 Å². The van der Waals surface area contributed by atoms with E-state index in [1.807, 2.05) is 31.2 Å². The van der Waals surface area contributed by atoms with Crippen molar-refractivity contribution in [2.45, 2.75) is 70.1 Å². The Bertz CT molecular complexity index is 1130. The Morgan fingerprint density at radius 1 is 1.10 bits per heavy atom. The highest BCUT2D eigenvalue weighted by Gasteiger charge is 2.79. The average molecular weight is 568 g/mol. The highest BCUT2D eigenvalue weighted by atomic mass is 16.6. The summed E-state index contributed by atoms with van der Waals surface area (Å²) in [5, 5.41) is 9.43. The number of amides is 2. The Balaban J connectivity index is 1.76. The average Bonchev–Trinajstić information content (AvgIpc) is 3.59. The molecule has 0 saturated carbocycles. The molecule has 9 nitrogen and oxygen atoms in total. The van der Waals surface area contributed by atoms with Gasteiger partial charge in [0.15, 0.2) is 0 Å². The molecule has 1 aromatic rings. The number of benzene rings is 1. The second-order valence-electron chi connectivity index (χ2n) is 11.1. The van der Waals surface area contributed by atoms with Crippen LogP contribution < -0.4 is 9.80 Å². The first-order chi connectivity index (χ1) is 19.8. The van der Waals surface area contributed by atoms with Crippen molar-refractivity contribution in [1.29, 1.82) is 0 Å². The minimum atomic E-state index is -1.14. The van der Waals surface area contributed by atoms with Crippen LogP contribution in [0.25, 0.3) is 0 Å². The molecular weight excluding hydrogens is 522 g/mol. The number of ether oxygens (including phenoxy) is 2. The highest BCUT2D eigenvalue weighted by molar-refractivity contribution is 6.05. The number of carbonyl (C=O) groups is 3. The molecule has 9 heteroatoms. The fourth-order valence-corrected chi connectivity index (χ4v) is 7.25. The van der Waals surface area contributed by atoms with Crippen molar-refractivity contribution >= 4 is 29.2 Å². The van der Waals surface area contributed by atoms with E-state index in [1.54, 1.807) is 15.9 Å². The first-order valence-electron chi connectivity index (χ1n) is 14.9. The van der Waals surface area contributed by atoms with E-state index in [1.165, 1.54) is 6.08 Å². The Morgan fingerprint density at radius 3 is 2.37 bits per heavy atom. The van der Waals surface area contributed by atoms with E-state index in [4.69, 9.17) is 9.47 Å². The number of aliphatic hydroxyl groups excluding tert-OH is 1. The largest absolute Gasteiger partial charge is 0.461 e. The molecule has 2 bridgehead atoms. The van der Waals surface area contributed by atoms with E-state index >= 15 is 0 Å². The van der Waals surface area contributed by atoms with E-state index in [2.05, 4.69) is 31.9 Å². The zero-order chi connectivity index (χ0) is 29.8. The van der Waals surface area contributed by atoms with Gasteiger partial charge >= 0.3 is 5.97 Å². The number of rotatable bonds is 15. The van der Waals surface area contributed by atoms with Gasteiger partial charge in [-0.1, -0.05) is 25.7 Å². The molecule has 0 radical (unpaired) electrons. The summed E-state index contributed by atoms with van der Waals surface area (Å²) in [5.41, 5.74) is -0.230. The number of likely N-dealkylation sites (tertiary alicyclic amines) is 1. The van der Waals surface area contributed by atoms with Crippen molar-refractivity contribution in [1.82, 2.24) is 4.90 Å². The van der Waals surface area contributed by atoms with Gasteiger partial charge in [-0.15, -0.1) is 6.58 Å². The lowest BCUT2D eigenvalue weighted by molar-refractivity contribution is -0.159. The molecule has 4 rings (SSSR count). The summed E-state index contributed by atoms with van der Waals surface area (Å²) in [5.74, 6) is -2.61. The van der Waals surface area contributed by atoms with E-state index in [0.29, 0.717) is 37.8 Å². The van der Waals surface area contributed by atoms with Crippen LogP contribution in [0.1, 0.15) is 52.9 Å². The predicted octanol–water partition coefficient (Wildman–Crippen LogP) is 3.71. The van der Waals surface area contributed by atoms with E-state index in [-0.39, 0.29) is 38.1 Å². The maximum absolute atomic E-state index is 14.6. The minimum Gasteiger partial charge on any atom is -0.461 e. The molecule has 3 heterocycles. The van der Waals surface area contributed by atoms with Crippen molar-refractivity contribution in [3.8, 4) is 0 Å². The normalized spacial score (nSPS) is 28.0. The number of aliphatic hydroxyl groups is 1. The van der Waals surface area contributed by atoms with Gasteiger partial charge in [0.1, 0.15) is 24.2 Å². The van der Waals surface area contributed by atoms with Crippen LogP contribution in [-0.2, 0) is 23.9 Å². The fourth-order valence-electron chi connectivity index (χ4n) is 7.25. The minimum absolute atomic E-state index is 0.0113. The molecule has 3 aliphatic rings.